The molecule has 5 rings (SSSR count). The zero-order valence-electron chi connectivity index (χ0n) is 15.0. The van der Waals surface area contributed by atoms with Crippen LogP contribution in [-0.4, -0.2) is 29.5 Å². The van der Waals surface area contributed by atoms with Crippen LogP contribution in [-0.2, 0) is 12.8 Å². The molecule has 1 aliphatic heterocycles. The maximum absolute atomic E-state index is 6.13. The van der Waals surface area contributed by atoms with Crippen LogP contribution in [0.15, 0.2) is 48.5 Å². The van der Waals surface area contributed by atoms with Crippen molar-refractivity contribution in [3.8, 4) is 0 Å². The van der Waals surface area contributed by atoms with E-state index in [1.165, 1.54) is 61.9 Å². The Morgan fingerprint density at radius 2 is 1.69 bits per heavy atom. The van der Waals surface area contributed by atoms with Crippen molar-refractivity contribution in [3.63, 3.8) is 0 Å². The highest BCUT2D eigenvalue weighted by atomic mass is 35.5. The highest BCUT2D eigenvalue weighted by Crippen LogP contribution is 2.32. The highest BCUT2D eigenvalue weighted by molar-refractivity contribution is 6.31. The molecule has 2 aliphatic rings. The average molecular weight is 365 g/mol. The molecule has 0 atom stereocenters. The number of nitrogens with one attached hydrogen (secondary N) is 1. The second kappa shape index (κ2) is 6.75. The van der Waals surface area contributed by atoms with Crippen molar-refractivity contribution in [3.05, 3.63) is 70.4 Å². The van der Waals surface area contributed by atoms with Crippen molar-refractivity contribution in [2.24, 2.45) is 5.92 Å². The lowest BCUT2D eigenvalue weighted by atomic mass is 9.92. The fraction of sp³-hybridized carbons (Fsp3) is 0.391. The maximum atomic E-state index is 6.13. The van der Waals surface area contributed by atoms with E-state index >= 15 is 0 Å². The van der Waals surface area contributed by atoms with Crippen LogP contribution in [0.4, 0.5) is 0 Å². The lowest BCUT2D eigenvalue weighted by Crippen LogP contribution is -2.36. The van der Waals surface area contributed by atoms with Gasteiger partial charge in [0.1, 0.15) is 0 Å². The van der Waals surface area contributed by atoms with Gasteiger partial charge in [-0.2, -0.15) is 0 Å². The van der Waals surface area contributed by atoms with E-state index < -0.39 is 0 Å². The standard InChI is InChI=1S/C23H25ClN2/c24-21-5-6-22-20(13-21)14-23(25-22)17-7-9-26(10-8-17)15-16-11-18-3-1-2-4-19(18)12-16/h1-6,13-14,16-17,25H,7-12,15H2. The number of benzene rings is 2. The van der Waals surface area contributed by atoms with Gasteiger partial charge in [0.15, 0.2) is 0 Å². The smallest absolute Gasteiger partial charge is 0.0457 e. The van der Waals surface area contributed by atoms with Crippen molar-refractivity contribution in [2.45, 2.75) is 31.6 Å². The molecule has 2 heterocycles. The SMILES string of the molecule is Clc1ccc2[nH]c(C3CCN(CC4Cc5ccccc5C4)CC3)cc2c1. The summed E-state index contributed by atoms with van der Waals surface area (Å²) in [4.78, 5) is 6.30. The Labute approximate surface area is 160 Å². The Bertz CT molecular complexity index is 896. The summed E-state index contributed by atoms with van der Waals surface area (Å²) in [5, 5.41) is 2.05. The van der Waals surface area contributed by atoms with Crippen molar-refractivity contribution >= 4 is 22.5 Å². The Morgan fingerprint density at radius 1 is 0.962 bits per heavy atom. The zero-order valence-corrected chi connectivity index (χ0v) is 15.8. The Balaban J connectivity index is 1.20. The van der Waals surface area contributed by atoms with E-state index in [9.17, 15) is 0 Å². The molecule has 2 aromatic carbocycles. The van der Waals surface area contributed by atoms with Crippen molar-refractivity contribution in [1.82, 2.24) is 9.88 Å². The zero-order chi connectivity index (χ0) is 17.5. The first-order valence-corrected chi connectivity index (χ1v) is 10.2. The molecule has 0 amide bonds. The summed E-state index contributed by atoms with van der Waals surface area (Å²) in [5.41, 5.74) is 5.74. The van der Waals surface area contributed by atoms with Crippen molar-refractivity contribution < 1.29 is 0 Å². The Hall–Kier alpha value is -1.77. The van der Waals surface area contributed by atoms with Crippen LogP contribution in [0.1, 0.15) is 35.6 Å². The molecule has 0 saturated carbocycles. The number of piperidine rings is 1. The van der Waals surface area contributed by atoms with Gasteiger partial charge in [-0.3, -0.25) is 0 Å². The van der Waals surface area contributed by atoms with Crippen LogP contribution in [0.25, 0.3) is 10.9 Å². The number of aromatic amines is 1. The van der Waals surface area contributed by atoms with Crippen LogP contribution in [0.3, 0.4) is 0 Å². The molecule has 134 valence electrons. The predicted molar refractivity (Wildman–Crippen MR) is 109 cm³/mol. The third-order valence-corrected chi connectivity index (χ3v) is 6.52. The number of halogens is 1. The molecule has 1 aromatic heterocycles. The fourth-order valence-electron chi connectivity index (χ4n) is 4.92. The molecular formula is C23H25ClN2. The number of hydrogen-bond donors (Lipinski definition) is 1. The van der Waals surface area contributed by atoms with Gasteiger partial charge in [0.25, 0.3) is 0 Å². The van der Waals surface area contributed by atoms with E-state index in [4.69, 9.17) is 11.6 Å². The molecule has 1 aliphatic carbocycles. The molecule has 3 aromatic rings. The number of H-pyrrole nitrogens is 1. The topological polar surface area (TPSA) is 19.0 Å². The van der Waals surface area contributed by atoms with Crippen LogP contribution >= 0.6 is 11.6 Å². The van der Waals surface area contributed by atoms with E-state index in [1.807, 2.05) is 6.07 Å². The molecule has 1 N–H and O–H groups in total. The Kier molecular flexibility index (Phi) is 4.26. The summed E-state index contributed by atoms with van der Waals surface area (Å²) in [7, 11) is 0. The number of rotatable bonds is 3. The second-order valence-electron chi connectivity index (χ2n) is 8.07. The van der Waals surface area contributed by atoms with E-state index in [1.54, 1.807) is 11.1 Å². The molecule has 0 bridgehead atoms. The van der Waals surface area contributed by atoms with Gasteiger partial charge < -0.3 is 9.88 Å². The van der Waals surface area contributed by atoms with E-state index in [0.717, 1.165) is 10.9 Å². The van der Waals surface area contributed by atoms with Crippen LogP contribution < -0.4 is 0 Å². The number of fused-ring (bicyclic) bond motifs is 2. The first-order valence-electron chi connectivity index (χ1n) is 9.82. The van der Waals surface area contributed by atoms with Gasteiger partial charge in [-0.25, -0.2) is 0 Å². The predicted octanol–water partition coefficient (Wildman–Crippen LogP) is 5.42. The van der Waals surface area contributed by atoms with Gasteiger partial charge in [-0.05, 0) is 80.1 Å². The fourth-order valence-corrected chi connectivity index (χ4v) is 5.10. The van der Waals surface area contributed by atoms with Gasteiger partial charge in [0, 0.05) is 34.1 Å². The molecule has 1 saturated heterocycles. The molecule has 3 heteroatoms. The van der Waals surface area contributed by atoms with Gasteiger partial charge in [-0.15, -0.1) is 0 Å². The minimum atomic E-state index is 0.651. The largest absolute Gasteiger partial charge is 0.358 e. The first-order chi connectivity index (χ1) is 12.7. The molecule has 26 heavy (non-hydrogen) atoms. The summed E-state index contributed by atoms with van der Waals surface area (Å²) < 4.78 is 0. The minimum absolute atomic E-state index is 0.651. The van der Waals surface area contributed by atoms with Crippen LogP contribution in [0, 0.1) is 5.92 Å². The molecule has 0 spiro atoms. The Morgan fingerprint density at radius 3 is 2.42 bits per heavy atom. The first kappa shape index (κ1) is 16.4. The molecular weight excluding hydrogens is 340 g/mol. The van der Waals surface area contributed by atoms with Crippen molar-refractivity contribution in [2.75, 3.05) is 19.6 Å². The average Bonchev–Trinajstić information content (AvgIpc) is 3.25. The monoisotopic (exact) mass is 364 g/mol. The molecule has 1 fully saturated rings. The highest BCUT2D eigenvalue weighted by Gasteiger charge is 2.27. The molecule has 0 radical (unpaired) electrons. The molecule has 2 nitrogen and oxygen atoms in total. The number of aromatic nitrogens is 1. The summed E-state index contributed by atoms with van der Waals surface area (Å²) >= 11 is 6.13. The van der Waals surface area contributed by atoms with E-state index in [-0.39, 0.29) is 0 Å². The summed E-state index contributed by atoms with van der Waals surface area (Å²) in [6.07, 6.45) is 5.03. The number of likely N-dealkylation sites (tertiary alicyclic amines) is 1. The summed E-state index contributed by atoms with van der Waals surface area (Å²) in [6.45, 7) is 3.69. The van der Waals surface area contributed by atoms with Crippen LogP contribution in [0.5, 0.6) is 0 Å². The third-order valence-electron chi connectivity index (χ3n) is 6.28. The normalized spacial score (nSPS) is 19.3. The third kappa shape index (κ3) is 3.17. The van der Waals surface area contributed by atoms with Crippen LogP contribution in [0.2, 0.25) is 5.02 Å². The summed E-state index contributed by atoms with van der Waals surface area (Å²) in [6, 6.07) is 17.4. The maximum Gasteiger partial charge on any atom is 0.0457 e. The lowest BCUT2D eigenvalue weighted by Gasteiger charge is -2.33. The lowest BCUT2D eigenvalue weighted by molar-refractivity contribution is 0.184. The van der Waals surface area contributed by atoms with Gasteiger partial charge in [-0.1, -0.05) is 35.9 Å². The summed E-state index contributed by atoms with van der Waals surface area (Å²) in [5.74, 6) is 1.46. The van der Waals surface area contributed by atoms with Gasteiger partial charge in [0.2, 0.25) is 0 Å². The number of nitrogens with zero attached hydrogens (tertiary/aromatic N) is 1. The van der Waals surface area contributed by atoms with Crippen molar-refractivity contribution in [1.29, 1.82) is 0 Å². The van der Waals surface area contributed by atoms with Gasteiger partial charge in [0.05, 0.1) is 0 Å². The quantitative estimate of drug-likeness (QED) is 0.657. The van der Waals surface area contributed by atoms with E-state index in [2.05, 4.69) is 52.3 Å². The minimum Gasteiger partial charge on any atom is -0.358 e. The number of hydrogen-bond acceptors (Lipinski definition) is 1. The van der Waals surface area contributed by atoms with Gasteiger partial charge >= 0.3 is 0 Å². The van der Waals surface area contributed by atoms with E-state index in [0.29, 0.717) is 5.92 Å². The molecule has 0 unspecified atom stereocenters. The second-order valence-corrected chi connectivity index (χ2v) is 8.51.